The van der Waals surface area contributed by atoms with Crippen LogP contribution in [0.1, 0.15) is 5.56 Å². The highest BCUT2D eigenvalue weighted by atomic mass is 32.2. The van der Waals surface area contributed by atoms with Gasteiger partial charge in [0, 0.05) is 17.5 Å². The van der Waals surface area contributed by atoms with Gasteiger partial charge in [0.1, 0.15) is 11.7 Å². The van der Waals surface area contributed by atoms with Crippen molar-refractivity contribution in [3.63, 3.8) is 0 Å². The quantitative estimate of drug-likeness (QED) is 0.660. The third-order valence-corrected chi connectivity index (χ3v) is 5.59. The fraction of sp³-hybridized carbons (Fsp3) is 0.267. The first kappa shape index (κ1) is 20.6. The lowest BCUT2D eigenvalue weighted by atomic mass is 10.3. The molecule has 0 atom stereocenters. The number of urea groups is 1. The second-order valence-electron chi connectivity index (χ2n) is 5.27. The molecule has 1 aliphatic heterocycles. The number of carbonyl (C=O) groups is 1. The Morgan fingerprint density at radius 1 is 1.24 bits per heavy atom. The molecule has 14 heteroatoms. The number of nitrogens with zero attached hydrogens (tertiary/aromatic N) is 4. The minimum absolute atomic E-state index is 0.120. The van der Waals surface area contributed by atoms with Crippen LogP contribution in [0.15, 0.2) is 34.6 Å². The summed E-state index contributed by atoms with van der Waals surface area (Å²) in [5.41, 5.74) is 0.219. The van der Waals surface area contributed by atoms with Gasteiger partial charge in [-0.15, -0.1) is 0 Å². The summed E-state index contributed by atoms with van der Waals surface area (Å²) in [5.74, 6) is 0.635. The summed E-state index contributed by atoms with van der Waals surface area (Å²) >= 11 is 1.32. The van der Waals surface area contributed by atoms with Gasteiger partial charge in [0.05, 0.1) is 20.3 Å². The summed E-state index contributed by atoms with van der Waals surface area (Å²) in [4.78, 5) is 28.9. The van der Waals surface area contributed by atoms with E-state index in [4.69, 9.17) is 14.3 Å². The van der Waals surface area contributed by atoms with E-state index in [2.05, 4.69) is 25.4 Å². The topological polar surface area (TPSA) is 154 Å². The standard InChI is InChI=1S/C15H16N6O6S2/c1-25-10-8-11(26-2)18-14(17-10)19-15(22)21-29(23,24)13-9(4-3-5-16-13)12-20-27-6-7-28-12/h3-5,8H,6-7H2,1-2H3,(H2,17,18,19,21,22). The van der Waals surface area contributed by atoms with Crippen LogP contribution in [0.4, 0.5) is 10.7 Å². The van der Waals surface area contributed by atoms with Crippen molar-refractivity contribution in [2.45, 2.75) is 5.03 Å². The number of ether oxygens (including phenoxy) is 2. The maximum Gasteiger partial charge on any atom is 0.335 e. The average Bonchev–Trinajstić information content (AvgIpc) is 2.73. The minimum atomic E-state index is -4.33. The van der Waals surface area contributed by atoms with Crippen LogP contribution in [-0.2, 0) is 14.9 Å². The number of hydrogen-bond donors (Lipinski definition) is 2. The molecular weight excluding hydrogens is 424 g/mol. The number of nitrogens with one attached hydrogen (secondary N) is 2. The number of methoxy groups -OCH3 is 2. The van der Waals surface area contributed by atoms with E-state index in [-0.39, 0.29) is 28.3 Å². The number of sulfonamides is 1. The summed E-state index contributed by atoms with van der Waals surface area (Å²) in [6.45, 7) is 0.418. The van der Waals surface area contributed by atoms with E-state index < -0.39 is 16.1 Å². The van der Waals surface area contributed by atoms with Crippen molar-refractivity contribution < 1.29 is 27.5 Å². The number of carbonyl (C=O) groups excluding carboxylic acids is 1. The zero-order valence-electron chi connectivity index (χ0n) is 15.3. The predicted octanol–water partition coefficient (Wildman–Crippen LogP) is 0.824. The second kappa shape index (κ2) is 8.91. The fourth-order valence-electron chi connectivity index (χ4n) is 2.17. The largest absolute Gasteiger partial charge is 0.481 e. The van der Waals surface area contributed by atoms with Gasteiger partial charge < -0.3 is 14.3 Å². The molecule has 12 nitrogen and oxygen atoms in total. The van der Waals surface area contributed by atoms with Gasteiger partial charge in [0.2, 0.25) is 17.7 Å². The number of hydrogen-bond acceptors (Lipinski definition) is 11. The van der Waals surface area contributed by atoms with Crippen LogP contribution in [0.2, 0.25) is 0 Å². The average molecular weight is 440 g/mol. The lowest BCUT2D eigenvalue weighted by Gasteiger charge is -2.14. The second-order valence-corrected chi connectivity index (χ2v) is 7.95. The summed E-state index contributed by atoms with van der Waals surface area (Å²) in [7, 11) is -1.59. The van der Waals surface area contributed by atoms with E-state index in [1.165, 1.54) is 44.3 Å². The first-order valence-electron chi connectivity index (χ1n) is 8.02. The zero-order chi connectivity index (χ0) is 20.9. The molecule has 2 N–H and O–H groups in total. The molecule has 2 aromatic rings. The molecule has 0 unspecified atom stereocenters. The van der Waals surface area contributed by atoms with Crippen molar-refractivity contribution >= 4 is 38.8 Å². The maximum atomic E-state index is 12.7. The Bertz CT molecular complexity index is 1020. The molecule has 0 saturated carbocycles. The summed E-state index contributed by atoms with van der Waals surface area (Å²) in [6.07, 6.45) is 1.29. The highest BCUT2D eigenvalue weighted by Crippen LogP contribution is 2.22. The number of pyridine rings is 1. The van der Waals surface area contributed by atoms with E-state index in [1.54, 1.807) is 6.07 Å². The highest BCUT2D eigenvalue weighted by molar-refractivity contribution is 8.14. The molecule has 2 amide bonds. The van der Waals surface area contributed by atoms with Crippen LogP contribution in [0.5, 0.6) is 11.8 Å². The molecule has 0 bridgehead atoms. The number of anilines is 1. The number of rotatable bonds is 6. The molecule has 0 aromatic carbocycles. The number of oxime groups is 1. The van der Waals surface area contributed by atoms with Crippen LogP contribution in [0.25, 0.3) is 0 Å². The number of thioether (sulfide) groups is 1. The van der Waals surface area contributed by atoms with Crippen LogP contribution >= 0.6 is 11.8 Å². The van der Waals surface area contributed by atoms with Gasteiger partial charge in [-0.3, -0.25) is 5.32 Å². The van der Waals surface area contributed by atoms with Gasteiger partial charge in [-0.05, 0) is 12.1 Å². The van der Waals surface area contributed by atoms with Crippen molar-refractivity contribution in [3.05, 3.63) is 30.0 Å². The van der Waals surface area contributed by atoms with E-state index in [9.17, 15) is 13.2 Å². The molecule has 0 saturated heterocycles. The Kier molecular flexibility index (Phi) is 6.33. The molecule has 0 radical (unpaired) electrons. The van der Waals surface area contributed by atoms with Crippen LogP contribution in [-0.4, -0.2) is 61.0 Å². The Hall–Kier alpha value is -3.13. The van der Waals surface area contributed by atoms with Gasteiger partial charge in [0.25, 0.3) is 10.0 Å². The molecule has 3 heterocycles. The lowest BCUT2D eigenvalue weighted by molar-refractivity contribution is 0.160. The van der Waals surface area contributed by atoms with E-state index >= 15 is 0 Å². The molecule has 29 heavy (non-hydrogen) atoms. The van der Waals surface area contributed by atoms with Gasteiger partial charge in [0.15, 0.2) is 5.03 Å². The Balaban J connectivity index is 1.82. The third-order valence-electron chi connectivity index (χ3n) is 3.37. The molecule has 3 rings (SSSR count). The van der Waals surface area contributed by atoms with Gasteiger partial charge in [-0.25, -0.2) is 14.5 Å². The monoisotopic (exact) mass is 440 g/mol. The molecule has 154 valence electrons. The third kappa shape index (κ3) is 5.03. The minimum Gasteiger partial charge on any atom is -0.481 e. The predicted molar refractivity (Wildman–Crippen MR) is 104 cm³/mol. The number of amides is 2. The SMILES string of the molecule is COc1cc(OC)nc(NC(=O)NS(=O)(=O)c2ncccc2C2=NOCCS2)n1. The van der Waals surface area contributed by atoms with Gasteiger partial charge in [-0.1, -0.05) is 16.9 Å². The zero-order valence-corrected chi connectivity index (χ0v) is 16.9. The molecule has 2 aromatic heterocycles. The van der Waals surface area contributed by atoms with Gasteiger partial charge in [-0.2, -0.15) is 18.4 Å². The maximum absolute atomic E-state index is 12.7. The molecule has 0 aliphatic carbocycles. The molecule has 0 spiro atoms. The van der Waals surface area contributed by atoms with Crippen molar-refractivity contribution in [2.75, 3.05) is 31.9 Å². The van der Waals surface area contributed by atoms with Crippen molar-refractivity contribution in [2.24, 2.45) is 5.16 Å². The molecule has 1 aliphatic rings. The Morgan fingerprint density at radius 2 is 1.97 bits per heavy atom. The van der Waals surface area contributed by atoms with Crippen LogP contribution < -0.4 is 19.5 Å². The summed E-state index contributed by atoms with van der Waals surface area (Å²) in [5, 5.41) is 6.06. The normalized spacial score (nSPS) is 13.7. The first-order chi connectivity index (χ1) is 13.9. The van der Waals surface area contributed by atoms with E-state index in [0.29, 0.717) is 17.4 Å². The molecular formula is C15H16N6O6S2. The fourth-order valence-corrected chi connectivity index (χ4v) is 4.05. The highest BCUT2D eigenvalue weighted by Gasteiger charge is 2.26. The van der Waals surface area contributed by atoms with Crippen molar-refractivity contribution in [1.82, 2.24) is 19.7 Å². The van der Waals surface area contributed by atoms with Crippen molar-refractivity contribution in [1.29, 1.82) is 0 Å². The Morgan fingerprint density at radius 3 is 2.59 bits per heavy atom. The van der Waals surface area contributed by atoms with E-state index in [1.807, 2.05) is 4.72 Å². The Labute approximate surface area is 170 Å². The van der Waals surface area contributed by atoms with E-state index in [0.717, 1.165) is 0 Å². The van der Waals surface area contributed by atoms with Crippen molar-refractivity contribution in [3.8, 4) is 11.8 Å². The van der Waals surface area contributed by atoms with Crippen LogP contribution in [0.3, 0.4) is 0 Å². The lowest BCUT2D eigenvalue weighted by Crippen LogP contribution is -2.36. The number of aromatic nitrogens is 3. The van der Waals surface area contributed by atoms with Gasteiger partial charge >= 0.3 is 6.03 Å². The summed E-state index contributed by atoms with van der Waals surface area (Å²) < 4.78 is 37.2. The first-order valence-corrected chi connectivity index (χ1v) is 10.5. The van der Waals surface area contributed by atoms with Crippen LogP contribution in [0, 0.1) is 0 Å². The summed E-state index contributed by atoms with van der Waals surface area (Å²) in [6, 6.07) is 3.38. The molecule has 0 fully saturated rings. The smallest absolute Gasteiger partial charge is 0.335 e.